The van der Waals surface area contributed by atoms with Crippen LogP contribution in [0.1, 0.15) is 67.7 Å². The van der Waals surface area contributed by atoms with Crippen LogP contribution in [-0.4, -0.2) is 36.6 Å². The molecular weight excluding hydrogens is 244 g/mol. The lowest BCUT2D eigenvalue weighted by atomic mass is 9.83. The lowest BCUT2D eigenvalue weighted by Crippen LogP contribution is -2.61. The van der Waals surface area contributed by atoms with E-state index < -0.39 is 0 Å². The Morgan fingerprint density at radius 2 is 1.75 bits per heavy atom. The Kier molecular flexibility index (Phi) is 7.00. The monoisotopic (exact) mass is 282 g/mol. The van der Waals surface area contributed by atoms with Crippen molar-refractivity contribution in [3.05, 3.63) is 0 Å². The molecule has 2 atom stereocenters. The van der Waals surface area contributed by atoms with Gasteiger partial charge < -0.3 is 5.32 Å². The molecule has 120 valence electrons. The molecule has 0 saturated carbocycles. The third-order valence-corrected chi connectivity index (χ3v) is 4.97. The maximum atomic E-state index is 3.81. The first kappa shape index (κ1) is 18.0. The predicted octanol–water partition coefficient (Wildman–Crippen LogP) is 4.16. The molecular formula is C18H38N2. The van der Waals surface area contributed by atoms with Crippen LogP contribution < -0.4 is 5.32 Å². The number of piperazine rings is 1. The van der Waals surface area contributed by atoms with Crippen molar-refractivity contribution in [2.45, 2.75) is 79.8 Å². The smallest absolute Gasteiger partial charge is 0.0244 e. The second-order valence-electron chi connectivity index (χ2n) is 8.25. The quantitative estimate of drug-likeness (QED) is 0.787. The molecule has 0 radical (unpaired) electrons. The Hall–Kier alpha value is -0.0800. The minimum Gasteiger partial charge on any atom is -0.311 e. The average molecular weight is 283 g/mol. The van der Waals surface area contributed by atoms with Gasteiger partial charge in [0, 0.05) is 31.7 Å². The van der Waals surface area contributed by atoms with E-state index in [2.05, 4.69) is 58.7 Å². The largest absolute Gasteiger partial charge is 0.311 e. The van der Waals surface area contributed by atoms with Gasteiger partial charge in [0.05, 0.1) is 0 Å². The summed E-state index contributed by atoms with van der Waals surface area (Å²) in [6, 6.07) is 1.36. The molecule has 1 heterocycles. The van der Waals surface area contributed by atoms with Crippen LogP contribution in [0.15, 0.2) is 0 Å². The Balaban J connectivity index is 2.72. The third kappa shape index (κ3) is 5.37. The van der Waals surface area contributed by atoms with Gasteiger partial charge in [0.15, 0.2) is 0 Å². The van der Waals surface area contributed by atoms with Crippen molar-refractivity contribution in [3.8, 4) is 0 Å². The second kappa shape index (κ2) is 7.79. The zero-order chi connectivity index (χ0) is 15.3. The fraction of sp³-hybridized carbons (Fsp3) is 1.00. The van der Waals surface area contributed by atoms with Crippen LogP contribution in [0.2, 0.25) is 0 Å². The summed E-state index contributed by atoms with van der Waals surface area (Å²) < 4.78 is 0. The van der Waals surface area contributed by atoms with Gasteiger partial charge in [0.2, 0.25) is 0 Å². The molecule has 1 N–H and O–H groups in total. The highest BCUT2D eigenvalue weighted by Crippen LogP contribution is 2.26. The summed E-state index contributed by atoms with van der Waals surface area (Å²) in [4.78, 5) is 2.80. The molecule has 1 fully saturated rings. The van der Waals surface area contributed by atoms with E-state index >= 15 is 0 Å². The maximum absolute atomic E-state index is 3.81. The molecule has 1 aliphatic heterocycles. The number of rotatable bonds is 6. The molecule has 20 heavy (non-hydrogen) atoms. The number of hydrogen-bond acceptors (Lipinski definition) is 2. The molecule has 0 bridgehead atoms. The van der Waals surface area contributed by atoms with Gasteiger partial charge in [-0.1, -0.05) is 61.3 Å². The van der Waals surface area contributed by atoms with Gasteiger partial charge in [-0.3, -0.25) is 4.90 Å². The SMILES string of the molecule is CCC(CC)CN1CC(C(C)(C)C)NCC1CC(C)C. The summed E-state index contributed by atoms with van der Waals surface area (Å²) in [7, 11) is 0. The van der Waals surface area contributed by atoms with Crippen LogP contribution in [0.3, 0.4) is 0 Å². The van der Waals surface area contributed by atoms with E-state index in [4.69, 9.17) is 0 Å². The van der Waals surface area contributed by atoms with E-state index in [0.29, 0.717) is 11.5 Å². The Bertz CT molecular complexity index is 263. The summed E-state index contributed by atoms with van der Waals surface area (Å²) in [6.45, 7) is 20.2. The van der Waals surface area contributed by atoms with Crippen molar-refractivity contribution in [1.29, 1.82) is 0 Å². The van der Waals surface area contributed by atoms with Gasteiger partial charge in [0.25, 0.3) is 0 Å². The zero-order valence-electron chi connectivity index (χ0n) is 15.0. The van der Waals surface area contributed by atoms with Gasteiger partial charge in [-0.15, -0.1) is 0 Å². The van der Waals surface area contributed by atoms with E-state index in [0.717, 1.165) is 17.9 Å². The lowest BCUT2D eigenvalue weighted by molar-refractivity contribution is 0.0608. The molecule has 0 aromatic heterocycles. The minimum atomic E-state index is 0.356. The summed E-state index contributed by atoms with van der Waals surface area (Å²) in [5, 5.41) is 3.81. The van der Waals surface area contributed by atoms with Crippen molar-refractivity contribution in [3.63, 3.8) is 0 Å². The van der Waals surface area contributed by atoms with Crippen LogP contribution in [0.25, 0.3) is 0 Å². The first-order valence-electron chi connectivity index (χ1n) is 8.75. The number of nitrogens with one attached hydrogen (secondary N) is 1. The van der Waals surface area contributed by atoms with Gasteiger partial charge in [-0.2, -0.15) is 0 Å². The molecule has 2 nitrogen and oxygen atoms in total. The van der Waals surface area contributed by atoms with E-state index in [1.807, 2.05) is 0 Å². The first-order chi connectivity index (χ1) is 9.27. The molecule has 2 unspecified atom stereocenters. The van der Waals surface area contributed by atoms with Gasteiger partial charge >= 0.3 is 0 Å². The van der Waals surface area contributed by atoms with Gasteiger partial charge in [-0.05, 0) is 23.7 Å². The van der Waals surface area contributed by atoms with Gasteiger partial charge in [-0.25, -0.2) is 0 Å². The molecule has 0 aromatic carbocycles. The van der Waals surface area contributed by atoms with Crippen LogP contribution in [0.5, 0.6) is 0 Å². The third-order valence-electron chi connectivity index (χ3n) is 4.97. The molecule has 0 aliphatic carbocycles. The van der Waals surface area contributed by atoms with E-state index in [9.17, 15) is 0 Å². The van der Waals surface area contributed by atoms with E-state index in [1.54, 1.807) is 0 Å². The highest BCUT2D eigenvalue weighted by atomic mass is 15.2. The molecule has 1 saturated heterocycles. The first-order valence-corrected chi connectivity index (χ1v) is 8.75. The molecule has 2 heteroatoms. The number of hydrogen-bond donors (Lipinski definition) is 1. The second-order valence-corrected chi connectivity index (χ2v) is 8.25. The Morgan fingerprint density at radius 3 is 2.20 bits per heavy atom. The van der Waals surface area contributed by atoms with Crippen molar-refractivity contribution in [2.24, 2.45) is 17.3 Å². The average Bonchev–Trinajstić information content (AvgIpc) is 2.35. The Labute approximate surface area is 127 Å². The minimum absolute atomic E-state index is 0.356. The van der Waals surface area contributed by atoms with Gasteiger partial charge in [0.1, 0.15) is 0 Å². The van der Waals surface area contributed by atoms with Crippen LogP contribution in [0, 0.1) is 17.3 Å². The molecule has 1 rings (SSSR count). The fourth-order valence-corrected chi connectivity index (χ4v) is 3.31. The maximum Gasteiger partial charge on any atom is 0.0244 e. The van der Waals surface area contributed by atoms with Crippen LogP contribution in [-0.2, 0) is 0 Å². The molecule has 0 aromatic rings. The predicted molar refractivity (Wildman–Crippen MR) is 90.1 cm³/mol. The van der Waals surface area contributed by atoms with Crippen molar-refractivity contribution in [1.82, 2.24) is 10.2 Å². The van der Waals surface area contributed by atoms with Crippen molar-refractivity contribution >= 4 is 0 Å². The van der Waals surface area contributed by atoms with Crippen molar-refractivity contribution < 1.29 is 0 Å². The zero-order valence-corrected chi connectivity index (χ0v) is 15.0. The lowest BCUT2D eigenvalue weighted by Gasteiger charge is -2.46. The highest BCUT2D eigenvalue weighted by Gasteiger charge is 2.34. The fourth-order valence-electron chi connectivity index (χ4n) is 3.31. The topological polar surface area (TPSA) is 15.3 Å². The molecule has 0 amide bonds. The van der Waals surface area contributed by atoms with Crippen molar-refractivity contribution in [2.75, 3.05) is 19.6 Å². The summed E-state index contributed by atoms with van der Waals surface area (Å²) >= 11 is 0. The van der Waals surface area contributed by atoms with E-state index in [-0.39, 0.29) is 0 Å². The number of nitrogens with zero attached hydrogens (tertiary/aromatic N) is 1. The normalized spacial score (nSPS) is 25.6. The van der Waals surface area contributed by atoms with E-state index in [1.165, 1.54) is 38.9 Å². The molecule has 0 spiro atoms. The van der Waals surface area contributed by atoms with Crippen LogP contribution >= 0.6 is 0 Å². The molecule has 1 aliphatic rings. The summed E-state index contributed by atoms with van der Waals surface area (Å²) in [5.74, 6) is 1.65. The highest BCUT2D eigenvalue weighted by molar-refractivity contribution is 4.92. The Morgan fingerprint density at radius 1 is 1.15 bits per heavy atom. The van der Waals surface area contributed by atoms with Crippen LogP contribution in [0.4, 0.5) is 0 Å². The summed E-state index contributed by atoms with van der Waals surface area (Å²) in [6.07, 6.45) is 3.95. The summed E-state index contributed by atoms with van der Waals surface area (Å²) in [5.41, 5.74) is 0.356. The standard InChI is InChI=1S/C18H38N2/c1-8-15(9-2)12-20-13-17(18(5,6)7)19-11-16(20)10-14(3)4/h14-17,19H,8-13H2,1-7H3.